The van der Waals surface area contributed by atoms with E-state index in [1.807, 2.05) is 48.2 Å². The van der Waals surface area contributed by atoms with Gasteiger partial charge < -0.3 is 5.32 Å². The molecule has 4 rings (SSSR count). The van der Waals surface area contributed by atoms with Crippen molar-refractivity contribution in [2.75, 3.05) is 38.0 Å². The largest absolute Gasteiger partial charge is 0.325 e. The van der Waals surface area contributed by atoms with Gasteiger partial charge in [-0.25, -0.2) is 8.42 Å². The summed E-state index contributed by atoms with van der Waals surface area (Å²) in [6.07, 6.45) is 0. The minimum Gasteiger partial charge on any atom is -0.325 e. The second kappa shape index (κ2) is 8.96. The molecule has 0 saturated carbocycles. The number of sulfonamides is 1. The summed E-state index contributed by atoms with van der Waals surface area (Å²) in [5, 5.41) is 5.35. The molecule has 3 aromatic rings. The zero-order valence-electron chi connectivity index (χ0n) is 17.2. The normalized spacial score (nSPS) is 15.8. The molecule has 31 heavy (non-hydrogen) atoms. The van der Waals surface area contributed by atoms with Gasteiger partial charge in [0, 0.05) is 36.9 Å². The number of rotatable bonds is 5. The van der Waals surface area contributed by atoms with Gasteiger partial charge in [-0.2, -0.15) is 4.31 Å². The van der Waals surface area contributed by atoms with Crippen LogP contribution in [-0.2, 0) is 14.8 Å². The third kappa shape index (κ3) is 4.91. The average Bonchev–Trinajstić information content (AvgIpc) is 2.76. The van der Waals surface area contributed by atoms with E-state index in [2.05, 4.69) is 5.32 Å². The van der Waals surface area contributed by atoms with Crippen molar-refractivity contribution in [1.82, 2.24) is 9.21 Å². The molecule has 1 fully saturated rings. The van der Waals surface area contributed by atoms with Crippen LogP contribution in [-0.4, -0.2) is 56.3 Å². The number of halogens is 1. The summed E-state index contributed by atoms with van der Waals surface area (Å²) in [4.78, 5) is 14.7. The van der Waals surface area contributed by atoms with Crippen molar-refractivity contribution >= 4 is 44.0 Å². The van der Waals surface area contributed by atoms with Crippen LogP contribution < -0.4 is 5.32 Å². The molecule has 0 atom stereocenters. The van der Waals surface area contributed by atoms with Gasteiger partial charge >= 0.3 is 0 Å². The molecule has 1 heterocycles. The van der Waals surface area contributed by atoms with Crippen LogP contribution in [0.1, 0.15) is 5.56 Å². The molecule has 1 amide bonds. The summed E-state index contributed by atoms with van der Waals surface area (Å²) in [6.45, 7) is 3.79. The van der Waals surface area contributed by atoms with Crippen LogP contribution in [0.2, 0.25) is 5.02 Å². The number of amides is 1. The zero-order valence-corrected chi connectivity index (χ0v) is 18.8. The molecule has 0 unspecified atom stereocenters. The molecule has 1 saturated heterocycles. The van der Waals surface area contributed by atoms with Crippen LogP contribution in [0.25, 0.3) is 10.8 Å². The standard InChI is InChI=1S/C23H24ClN3O3S/c1-17-6-8-20(24)15-22(17)25-23(28)16-26-10-12-27(13-11-26)31(29,30)21-9-7-18-4-2-3-5-19(18)14-21/h2-9,14-15H,10-13,16H2,1H3,(H,25,28). The van der Waals surface area contributed by atoms with E-state index in [-0.39, 0.29) is 12.5 Å². The van der Waals surface area contributed by atoms with Crippen LogP contribution >= 0.6 is 11.6 Å². The molecule has 0 radical (unpaired) electrons. The molecule has 0 spiro atoms. The fraction of sp³-hybridized carbons (Fsp3) is 0.261. The highest BCUT2D eigenvalue weighted by molar-refractivity contribution is 7.89. The summed E-state index contributed by atoms with van der Waals surface area (Å²) in [5.74, 6) is -0.142. The van der Waals surface area contributed by atoms with Crippen molar-refractivity contribution in [3.63, 3.8) is 0 Å². The Kier molecular flexibility index (Phi) is 6.29. The Morgan fingerprint density at radius 2 is 1.68 bits per heavy atom. The Balaban J connectivity index is 1.37. The summed E-state index contributed by atoms with van der Waals surface area (Å²) in [7, 11) is -3.57. The molecular weight excluding hydrogens is 434 g/mol. The minimum absolute atomic E-state index is 0.142. The van der Waals surface area contributed by atoms with Gasteiger partial charge in [0.25, 0.3) is 0 Å². The van der Waals surface area contributed by atoms with Crippen molar-refractivity contribution in [2.45, 2.75) is 11.8 Å². The van der Waals surface area contributed by atoms with E-state index in [9.17, 15) is 13.2 Å². The van der Waals surface area contributed by atoms with Crippen LogP contribution in [0.15, 0.2) is 65.6 Å². The summed E-state index contributed by atoms with van der Waals surface area (Å²) < 4.78 is 27.7. The first-order valence-electron chi connectivity index (χ1n) is 10.1. The maximum absolute atomic E-state index is 13.1. The van der Waals surface area contributed by atoms with Crippen molar-refractivity contribution in [1.29, 1.82) is 0 Å². The molecule has 8 heteroatoms. The third-order valence-corrected chi connectivity index (χ3v) is 7.66. The van der Waals surface area contributed by atoms with Gasteiger partial charge in [0.1, 0.15) is 0 Å². The number of carbonyl (C=O) groups excluding carboxylic acids is 1. The third-order valence-electron chi connectivity index (χ3n) is 5.53. The molecular formula is C23H24ClN3O3S. The molecule has 162 valence electrons. The van der Waals surface area contributed by atoms with Gasteiger partial charge in [-0.1, -0.05) is 48.0 Å². The molecule has 1 aliphatic heterocycles. The Morgan fingerprint density at radius 1 is 0.968 bits per heavy atom. The van der Waals surface area contributed by atoms with Crippen LogP contribution in [0.3, 0.4) is 0 Å². The molecule has 1 aliphatic rings. The Bertz CT molecular complexity index is 1220. The predicted molar refractivity (Wildman–Crippen MR) is 124 cm³/mol. The second-order valence-corrected chi connectivity index (χ2v) is 10.1. The fourth-order valence-electron chi connectivity index (χ4n) is 3.73. The number of aryl methyl sites for hydroxylation is 1. The van der Waals surface area contributed by atoms with Crippen molar-refractivity contribution < 1.29 is 13.2 Å². The lowest BCUT2D eigenvalue weighted by atomic mass is 10.1. The number of hydrogen-bond donors (Lipinski definition) is 1. The minimum atomic E-state index is -3.57. The van der Waals surface area contributed by atoms with E-state index in [1.54, 1.807) is 24.3 Å². The molecule has 6 nitrogen and oxygen atoms in total. The van der Waals surface area contributed by atoms with Crippen LogP contribution in [0.5, 0.6) is 0 Å². The van der Waals surface area contributed by atoms with Gasteiger partial charge in [-0.15, -0.1) is 0 Å². The Hall–Kier alpha value is -2.45. The number of anilines is 1. The van der Waals surface area contributed by atoms with E-state index in [4.69, 9.17) is 11.6 Å². The number of piperazine rings is 1. The summed E-state index contributed by atoms with van der Waals surface area (Å²) in [5.41, 5.74) is 1.62. The number of benzene rings is 3. The van der Waals surface area contributed by atoms with Gasteiger partial charge in [-0.05, 0) is 47.5 Å². The summed E-state index contributed by atoms with van der Waals surface area (Å²) in [6, 6.07) is 18.3. The first-order chi connectivity index (χ1) is 14.8. The lowest BCUT2D eigenvalue weighted by molar-refractivity contribution is -0.117. The van der Waals surface area contributed by atoms with Crippen LogP contribution in [0.4, 0.5) is 5.69 Å². The predicted octanol–water partition coefficient (Wildman–Crippen LogP) is 3.75. The molecule has 1 N–H and O–H groups in total. The van der Waals surface area contributed by atoms with E-state index in [1.165, 1.54) is 4.31 Å². The van der Waals surface area contributed by atoms with E-state index >= 15 is 0 Å². The Labute approximate surface area is 187 Å². The monoisotopic (exact) mass is 457 g/mol. The zero-order chi connectivity index (χ0) is 22.0. The van der Waals surface area contributed by atoms with E-state index < -0.39 is 10.0 Å². The van der Waals surface area contributed by atoms with E-state index in [0.29, 0.717) is 41.8 Å². The quantitative estimate of drug-likeness (QED) is 0.633. The topological polar surface area (TPSA) is 69.7 Å². The maximum Gasteiger partial charge on any atom is 0.243 e. The van der Waals surface area contributed by atoms with Crippen LogP contribution in [0, 0.1) is 6.92 Å². The van der Waals surface area contributed by atoms with Gasteiger partial charge in [0.2, 0.25) is 15.9 Å². The van der Waals surface area contributed by atoms with E-state index in [0.717, 1.165) is 16.3 Å². The second-order valence-electron chi connectivity index (χ2n) is 7.70. The van der Waals surface area contributed by atoms with Crippen molar-refractivity contribution in [2.24, 2.45) is 0 Å². The number of fused-ring (bicyclic) bond motifs is 1. The fourth-order valence-corrected chi connectivity index (χ4v) is 5.36. The lowest BCUT2D eigenvalue weighted by Crippen LogP contribution is -2.50. The maximum atomic E-state index is 13.1. The Morgan fingerprint density at radius 3 is 2.42 bits per heavy atom. The van der Waals surface area contributed by atoms with Gasteiger partial charge in [0.15, 0.2) is 0 Å². The highest BCUT2D eigenvalue weighted by atomic mass is 35.5. The number of nitrogens with one attached hydrogen (secondary N) is 1. The first-order valence-corrected chi connectivity index (χ1v) is 11.9. The smallest absolute Gasteiger partial charge is 0.243 e. The molecule has 3 aromatic carbocycles. The molecule has 0 aliphatic carbocycles. The first kappa shape index (κ1) is 21.8. The van der Waals surface area contributed by atoms with Crippen molar-refractivity contribution in [3.05, 3.63) is 71.2 Å². The lowest BCUT2D eigenvalue weighted by Gasteiger charge is -2.33. The highest BCUT2D eigenvalue weighted by Gasteiger charge is 2.29. The SMILES string of the molecule is Cc1ccc(Cl)cc1NC(=O)CN1CCN(S(=O)(=O)c2ccc3ccccc3c2)CC1. The molecule has 0 bridgehead atoms. The van der Waals surface area contributed by atoms with Gasteiger partial charge in [0.05, 0.1) is 11.4 Å². The van der Waals surface area contributed by atoms with Crippen molar-refractivity contribution in [3.8, 4) is 0 Å². The average molecular weight is 458 g/mol. The highest BCUT2D eigenvalue weighted by Crippen LogP contribution is 2.23. The van der Waals surface area contributed by atoms with Gasteiger partial charge in [-0.3, -0.25) is 9.69 Å². The number of carbonyl (C=O) groups is 1. The number of nitrogens with zero attached hydrogens (tertiary/aromatic N) is 2. The molecule has 0 aromatic heterocycles. The number of hydrogen-bond acceptors (Lipinski definition) is 4. The summed E-state index contributed by atoms with van der Waals surface area (Å²) >= 11 is 6.01.